The fourth-order valence-corrected chi connectivity index (χ4v) is 16.4. The van der Waals surface area contributed by atoms with Gasteiger partial charge in [0.2, 0.25) is 0 Å². The van der Waals surface area contributed by atoms with E-state index in [2.05, 4.69) is 72.8 Å². The Morgan fingerprint density at radius 1 is 0.310 bits per heavy atom. The Labute approximate surface area is 250 Å². The second-order valence-corrected chi connectivity index (χ2v) is 18.1. The lowest BCUT2D eigenvalue weighted by Gasteiger charge is -2.29. The quantitative estimate of drug-likeness (QED) is 0.127. The highest BCUT2D eigenvalue weighted by Crippen LogP contribution is 2.33. The van der Waals surface area contributed by atoms with Crippen LogP contribution in [0.2, 0.25) is 0 Å². The van der Waals surface area contributed by atoms with Crippen LogP contribution in [0, 0.1) is 0 Å². The van der Waals surface area contributed by atoms with Crippen LogP contribution in [0.1, 0.15) is 0 Å². The average Bonchev–Trinajstić information content (AvgIpc) is 3.08. The Balaban J connectivity index is 1.55. The largest absolute Gasteiger partial charge is 0.675 e. The standard InChI is InChI=1S/C36H30O3PSi2/c37-40(38-41(31-19-7-1-8-20-31,32-21-9-2-10-22-32)33-23-11-3-12-24-33)39-42(34-25-13-4-14-26-34,35-27-15-5-16-28-35)36-29-17-6-18-30-36/h1-30H/q+1. The minimum Gasteiger partial charge on any atom is -0.159 e. The molecular formula is C36H30O3PSi2+. The van der Waals surface area contributed by atoms with Crippen LogP contribution >= 0.6 is 8.25 Å². The zero-order valence-electron chi connectivity index (χ0n) is 23.0. The van der Waals surface area contributed by atoms with Gasteiger partial charge in [0.05, 0.1) is 0 Å². The first kappa shape index (κ1) is 27.9. The lowest BCUT2D eigenvalue weighted by molar-refractivity contribution is 0.424. The van der Waals surface area contributed by atoms with Gasteiger partial charge in [0, 0.05) is 4.57 Å². The van der Waals surface area contributed by atoms with Crippen molar-refractivity contribution in [1.29, 1.82) is 0 Å². The van der Waals surface area contributed by atoms with Crippen molar-refractivity contribution >= 4 is 56.0 Å². The van der Waals surface area contributed by atoms with Crippen LogP contribution in [0.25, 0.3) is 0 Å². The summed E-state index contributed by atoms with van der Waals surface area (Å²) < 4.78 is 28.6. The molecule has 42 heavy (non-hydrogen) atoms. The summed E-state index contributed by atoms with van der Waals surface area (Å²) in [5.74, 6) is 0. The van der Waals surface area contributed by atoms with Gasteiger partial charge in [-0.25, -0.2) is 0 Å². The number of benzene rings is 6. The molecule has 6 aromatic rings. The van der Waals surface area contributed by atoms with E-state index in [0.717, 1.165) is 31.1 Å². The maximum atomic E-state index is 14.7. The molecule has 6 aromatic carbocycles. The van der Waals surface area contributed by atoms with E-state index in [1.54, 1.807) is 0 Å². The second-order valence-electron chi connectivity index (χ2n) is 9.96. The first-order chi connectivity index (χ1) is 20.7. The van der Waals surface area contributed by atoms with Gasteiger partial charge in [-0.1, -0.05) is 182 Å². The molecule has 0 radical (unpaired) electrons. The fraction of sp³-hybridized carbons (Fsp3) is 0. The molecule has 0 aliphatic carbocycles. The SMILES string of the molecule is O=[P+](O[Si](c1ccccc1)(c1ccccc1)c1ccccc1)O[Si](c1ccccc1)(c1ccccc1)c1ccccc1. The number of rotatable bonds is 10. The summed E-state index contributed by atoms with van der Waals surface area (Å²) in [7, 11) is -9.18. The van der Waals surface area contributed by atoms with Crippen molar-refractivity contribution in [3.8, 4) is 0 Å². The Morgan fingerprint density at radius 2 is 0.476 bits per heavy atom. The van der Waals surface area contributed by atoms with Gasteiger partial charge in [0.25, 0.3) is 0 Å². The molecule has 6 rings (SSSR count). The molecule has 6 heteroatoms. The highest BCUT2D eigenvalue weighted by molar-refractivity contribution is 7.41. The highest BCUT2D eigenvalue weighted by atomic mass is 31.1. The number of hydrogen-bond donors (Lipinski definition) is 0. The van der Waals surface area contributed by atoms with Crippen molar-refractivity contribution in [3.05, 3.63) is 182 Å². The van der Waals surface area contributed by atoms with Crippen LogP contribution in [0.4, 0.5) is 0 Å². The van der Waals surface area contributed by atoms with Gasteiger partial charge >= 0.3 is 24.9 Å². The van der Waals surface area contributed by atoms with Crippen LogP contribution in [-0.4, -0.2) is 16.6 Å². The molecule has 0 atom stereocenters. The summed E-state index contributed by atoms with van der Waals surface area (Å²) in [5, 5.41) is 6.00. The normalized spacial score (nSPS) is 11.6. The molecule has 0 N–H and O–H groups in total. The van der Waals surface area contributed by atoms with Crippen molar-refractivity contribution in [2.45, 2.75) is 0 Å². The van der Waals surface area contributed by atoms with Crippen molar-refractivity contribution in [1.82, 2.24) is 0 Å². The smallest absolute Gasteiger partial charge is 0.159 e. The lowest BCUT2D eigenvalue weighted by Crippen LogP contribution is -2.70. The summed E-state index contributed by atoms with van der Waals surface area (Å²) in [6.07, 6.45) is 0. The Hall–Kier alpha value is -4.23. The molecule has 0 unspecified atom stereocenters. The molecule has 0 saturated heterocycles. The fourth-order valence-electron chi connectivity index (χ4n) is 5.60. The Morgan fingerprint density at radius 3 is 0.643 bits per heavy atom. The summed E-state index contributed by atoms with van der Waals surface area (Å²) in [5.41, 5.74) is 0. The molecule has 0 spiro atoms. The first-order valence-corrected chi connectivity index (χ1v) is 18.8. The van der Waals surface area contributed by atoms with E-state index in [4.69, 9.17) is 8.43 Å². The summed E-state index contributed by atoms with van der Waals surface area (Å²) in [6, 6.07) is 61.0. The topological polar surface area (TPSA) is 35.5 Å². The van der Waals surface area contributed by atoms with Crippen LogP contribution in [0.3, 0.4) is 0 Å². The van der Waals surface area contributed by atoms with Crippen molar-refractivity contribution in [2.75, 3.05) is 0 Å². The molecule has 0 fully saturated rings. The maximum Gasteiger partial charge on any atom is 0.675 e. The van der Waals surface area contributed by atoms with Crippen LogP contribution in [-0.2, 0) is 13.0 Å². The average molecular weight is 598 g/mol. The Kier molecular flexibility index (Phi) is 8.47. The van der Waals surface area contributed by atoms with E-state index in [9.17, 15) is 4.57 Å². The van der Waals surface area contributed by atoms with E-state index in [-0.39, 0.29) is 0 Å². The molecule has 0 saturated carbocycles. The first-order valence-electron chi connectivity index (χ1n) is 13.9. The zero-order valence-corrected chi connectivity index (χ0v) is 25.9. The molecule has 0 aliphatic heterocycles. The van der Waals surface area contributed by atoms with Crippen LogP contribution in [0.15, 0.2) is 182 Å². The number of hydrogen-bond acceptors (Lipinski definition) is 3. The predicted octanol–water partition coefficient (Wildman–Crippen LogP) is 5.01. The van der Waals surface area contributed by atoms with Gasteiger partial charge in [0.1, 0.15) is 0 Å². The van der Waals surface area contributed by atoms with Gasteiger partial charge in [0.15, 0.2) is 0 Å². The highest BCUT2D eigenvalue weighted by Gasteiger charge is 2.56. The third-order valence-electron chi connectivity index (χ3n) is 7.50. The minimum atomic E-state index is -3.28. The van der Waals surface area contributed by atoms with Crippen LogP contribution in [0.5, 0.6) is 0 Å². The molecule has 204 valence electrons. The van der Waals surface area contributed by atoms with E-state index < -0.39 is 24.9 Å². The van der Waals surface area contributed by atoms with E-state index in [1.165, 1.54) is 0 Å². The molecule has 0 aliphatic rings. The van der Waals surface area contributed by atoms with E-state index in [1.807, 2.05) is 109 Å². The van der Waals surface area contributed by atoms with Gasteiger partial charge in [-0.2, -0.15) is 8.43 Å². The summed E-state index contributed by atoms with van der Waals surface area (Å²) in [6.45, 7) is 0. The molecule has 3 nitrogen and oxygen atoms in total. The maximum absolute atomic E-state index is 14.7. The molecule has 0 bridgehead atoms. The monoisotopic (exact) mass is 597 g/mol. The van der Waals surface area contributed by atoms with Crippen molar-refractivity contribution in [3.63, 3.8) is 0 Å². The van der Waals surface area contributed by atoms with Gasteiger partial charge in [-0.15, -0.1) is 0 Å². The molecule has 0 amide bonds. The molecule has 0 heterocycles. The summed E-state index contributed by atoms with van der Waals surface area (Å²) >= 11 is 0. The Bertz CT molecular complexity index is 1400. The summed E-state index contributed by atoms with van der Waals surface area (Å²) in [4.78, 5) is 0. The predicted molar refractivity (Wildman–Crippen MR) is 178 cm³/mol. The molecule has 0 aromatic heterocycles. The van der Waals surface area contributed by atoms with Crippen LogP contribution < -0.4 is 31.1 Å². The third kappa shape index (κ3) is 5.37. The second kappa shape index (κ2) is 12.7. The van der Waals surface area contributed by atoms with Gasteiger partial charge in [-0.05, 0) is 31.1 Å². The van der Waals surface area contributed by atoms with Gasteiger partial charge in [-0.3, -0.25) is 0 Å². The minimum absolute atomic E-state index is 1.00. The molecular weight excluding hydrogens is 568 g/mol. The van der Waals surface area contributed by atoms with Gasteiger partial charge < -0.3 is 0 Å². The van der Waals surface area contributed by atoms with E-state index >= 15 is 0 Å². The zero-order chi connectivity index (χ0) is 28.7. The van der Waals surface area contributed by atoms with E-state index in [0.29, 0.717) is 0 Å². The lowest BCUT2D eigenvalue weighted by atomic mass is 10.3. The third-order valence-corrected chi connectivity index (χ3v) is 17.8. The van der Waals surface area contributed by atoms with Crippen molar-refractivity contribution in [2.24, 2.45) is 0 Å². The van der Waals surface area contributed by atoms with Crippen molar-refractivity contribution < 1.29 is 13.0 Å².